The third kappa shape index (κ3) is 3.74. The topological polar surface area (TPSA) is 59.6 Å². The molecule has 28 heavy (non-hydrogen) atoms. The van der Waals surface area contributed by atoms with Gasteiger partial charge >= 0.3 is 0 Å². The Morgan fingerprint density at radius 1 is 1.36 bits per heavy atom. The third-order valence-electron chi connectivity index (χ3n) is 5.82. The van der Waals surface area contributed by atoms with E-state index in [1.807, 2.05) is 4.90 Å². The van der Waals surface area contributed by atoms with Crippen molar-refractivity contribution in [2.24, 2.45) is 5.92 Å². The molecule has 151 valence electrons. The SMILES string of the molecule is CCN(CC)C(=O)[C@@H]1C=C2c3cccc4[nH]cc(c34)C[C@H]2N(C)C1.[CH2]CCO. The second kappa shape index (κ2) is 8.93. The molecule has 1 amide bonds. The monoisotopic (exact) mass is 382 g/mol. The first kappa shape index (κ1) is 20.6. The van der Waals surface area contributed by atoms with Gasteiger partial charge in [-0.2, -0.15) is 0 Å². The summed E-state index contributed by atoms with van der Waals surface area (Å²) in [4.78, 5) is 20.6. The summed E-state index contributed by atoms with van der Waals surface area (Å²) in [6.07, 6.45) is 6.04. The van der Waals surface area contributed by atoms with Gasteiger partial charge in [-0.05, 0) is 56.5 Å². The molecular weight excluding hydrogens is 350 g/mol. The van der Waals surface area contributed by atoms with Crippen LogP contribution in [0.3, 0.4) is 0 Å². The number of likely N-dealkylation sites (N-methyl/N-ethyl adjacent to an activating group) is 1. The van der Waals surface area contributed by atoms with E-state index in [1.165, 1.54) is 27.6 Å². The standard InChI is InChI=1S/C20H25N3O.C3H7O/c1-4-23(5-2)20(24)14-9-16-15-7-6-8-17-19(15)13(11-21-17)10-18(16)22(3)12-14;1-2-3-4/h6-9,11,14,18,21H,4-5,10,12H2,1-3H3;4H,1-3H2/t14-,18-;/m1./s1. The van der Waals surface area contributed by atoms with Crippen LogP contribution in [0.2, 0.25) is 0 Å². The lowest BCUT2D eigenvalue weighted by Gasteiger charge is -2.40. The number of hydrogen-bond donors (Lipinski definition) is 2. The molecule has 0 spiro atoms. The molecule has 0 saturated heterocycles. The van der Waals surface area contributed by atoms with Gasteiger partial charge in [0.2, 0.25) is 5.91 Å². The van der Waals surface area contributed by atoms with E-state index >= 15 is 0 Å². The van der Waals surface area contributed by atoms with Crippen molar-refractivity contribution in [1.82, 2.24) is 14.8 Å². The first-order valence-electron chi connectivity index (χ1n) is 10.3. The molecule has 0 saturated carbocycles. The van der Waals surface area contributed by atoms with Crippen LogP contribution in [-0.4, -0.2) is 65.1 Å². The molecule has 1 aliphatic carbocycles. The van der Waals surface area contributed by atoms with Gasteiger partial charge in [-0.3, -0.25) is 9.69 Å². The molecule has 2 heterocycles. The summed E-state index contributed by atoms with van der Waals surface area (Å²) in [5.74, 6) is 0.210. The average molecular weight is 383 g/mol. The minimum absolute atomic E-state index is 0.0445. The first-order valence-corrected chi connectivity index (χ1v) is 10.3. The van der Waals surface area contributed by atoms with Gasteiger partial charge in [0.1, 0.15) is 0 Å². The fourth-order valence-corrected chi connectivity index (χ4v) is 4.38. The summed E-state index contributed by atoms with van der Waals surface area (Å²) in [5.41, 5.74) is 5.21. The quantitative estimate of drug-likeness (QED) is 0.854. The van der Waals surface area contributed by atoms with Gasteiger partial charge in [0, 0.05) is 49.4 Å². The maximum Gasteiger partial charge on any atom is 0.230 e. The van der Waals surface area contributed by atoms with Crippen molar-refractivity contribution in [2.75, 3.05) is 33.3 Å². The van der Waals surface area contributed by atoms with Crippen molar-refractivity contribution < 1.29 is 9.90 Å². The maximum absolute atomic E-state index is 12.9. The average Bonchev–Trinajstić information content (AvgIpc) is 3.14. The summed E-state index contributed by atoms with van der Waals surface area (Å²) in [6, 6.07) is 6.82. The fourth-order valence-electron chi connectivity index (χ4n) is 4.38. The van der Waals surface area contributed by atoms with Crippen LogP contribution in [0.25, 0.3) is 16.5 Å². The zero-order chi connectivity index (χ0) is 20.3. The number of nitrogens with one attached hydrogen (secondary N) is 1. The molecular formula is C23H32N3O2. The second-order valence-corrected chi connectivity index (χ2v) is 7.52. The number of aliphatic hydroxyl groups is 1. The lowest BCUT2D eigenvalue weighted by atomic mass is 9.79. The number of fused-ring (bicyclic) bond motifs is 2. The largest absolute Gasteiger partial charge is 0.396 e. The molecule has 0 unspecified atom stereocenters. The molecule has 0 fully saturated rings. The van der Waals surface area contributed by atoms with Gasteiger partial charge in [0.15, 0.2) is 0 Å². The van der Waals surface area contributed by atoms with Crippen molar-refractivity contribution in [2.45, 2.75) is 32.7 Å². The Morgan fingerprint density at radius 3 is 2.71 bits per heavy atom. The Morgan fingerprint density at radius 2 is 2.07 bits per heavy atom. The van der Waals surface area contributed by atoms with E-state index in [1.54, 1.807) is 0 Å². The van der Waals surface area contributed by atoms with Crippen LogP contribution in [0, 0.1) is 12.8 Å². The molecule has 2 aliphatic rings. The third-order valence-corrected chi connectivity index (χ3v) is 5.82. The van der Waals surface area contributed by atoms with E-state index in [2.05, 4.69) is 68.2 Å². The summed E-state index contributed by atoms with van der Waals surface area (Å²) < 4.78 is 0. The molecule has 2 atom stereocenters. The number of aromatic nitrogens is 1. The number of H-pyrrole nitrogens is 1. The first-order chi connectivity index (χ1) is 13.5. The highest BCUT2D eigenvalue weighted by molar-refractivity contribution is 5.99. The Labute approximate surface area is 168 Å². The number of hydrogen-bond acceptors (Lipinski definition) is 3. The molecule has 0 bridgehead atoms. The number of carbonyl (C=O) groups excluding carboxylic acids is 1. The number of aromatic amines is 1. The molecule has 1 aromatic carbocycles. The van der Waals surface area contributed by atoms with Crippen molar-refractivity contribution in [3.05, 3.63) is 48.5 Å². The molecule has 2 N–H and O–H groups in total. The van der Waals surface area contributed by atoms with E-state index < -0.39 is 0 Å². The lowest BCUT2D eigenvalue weighted by Crippen LogP contribution is -2.47. The van der Waals surface area contributed by atoms with Gasteiger partial charge in [0.25, 0.3) is 0 Å². The van der Waals surface area contributed by atoms with Crippen LogP contribution in [0.4, 0.5) is 0 Å². The normalized spacial score (nSPS) is 20.8. The zero-order valence-electron chi connectivity index (χ0n) is 17.2. The van der Waals surface area contributed by atoms with Gasteiger partial charge in [-0.1, -0.05) is 25.1 Å². The maximum atomic E-state index is 12.9. The van der Waals surface area contributed by atoms with E-state index in [0.29, 0.717) is 12.5 Å². The van der Waals surface area contributed by atoms with Gasteiger partial charge in [0.05, 0.1) is 5.92 Å². The second-order valence-electron chi connectivity index (χ2n) is 7.52. The van der Waals surface area contributed by atoms with E-state index in [9.17, 15) is 4.79 Å². The molecule has 5 nitrogen and oxygen atoms in total. The molecule has 5 heteroatoms. The van der Waals surface area contributed by atoms with Crippen molar-refractivity contribution >= 4 is 22.4 Å². The highest BCUT2D eigenvalue weighted by atomic mass is 16.2. The number of nitrogens with zero attached hydrogens (tertiary/aromatic N) is 2. The van der Waals surface area contributed by atoms with Crippen LogP contribution in [-0.2, 0) is 11.2 Å². The smallest absolute Gasteiger partial charge is 0.230 e. The van der Waals surface area contributed by atoms with Gasteiger partial charge < -0.3 is 15.0 Å². The van der Waals surface area contributed by atoms with Crippen molar-refractivity contribution in [3.8, 4) is 0 Å². The number of benzene rings is 1. The van der Waals surface area contributed by atoms with Crippen LogP contribution in [0.15, 0.2) is 30.5 Å². The predicted octanol–water partition coefficient (Wildman–Crippen LogP) is 3.11. The molecule has 1 aromatic heterocycles. The van der Waals surface area contributed by atoms with Gasteiger partial charge in [-0.15, -0.1) is 0 Å². The predicted molar refractivity (Wildman–Crippen MR) is 115 cm³/mol. The summed E-state index contributed by atoms with van der Waals surface area (Å²) in [7, 11) is 2.15. The summed E-state index contributed by atoms with van der Waals surface area (Å²) >= 11 is 0. The summed E-state index contributed by atoms with van der Waals surface area (Å²) in [6.45, 7) is 10.0. The Balaban J connectivity index is 0.000000516. The number of carbonyl (C=O) groups is 1. The molecule has 1 aliphatic heterocycles. The molecule has 2 aromatic rings. The highest BCUT2D eigenvalue weighted by Gasteiger charge is 2.36. The molecule has 1 radical (unpaired) electrons. The van der Waals surface area contributed by atoms with Crippen LogP contribution in [0.1, 0.15) is 31.4 Å². The van der Waals surface area contributed by atoms with Crippen molar-refractivity contribution in [3.63, 3.8) is 0 Å². The van der Waals surface area contributed by atoms with E-state index in [-0.39, 0.29) is 18.4 Å². The summed E-state index contributed by atoms with van der Waals surface area (Å²) in [5, 5.41) is 9.15. The Kier molecular flexibility index (Phi) is 6.57. The Hall–Kier alpha value is -2.11. The van der Waals surface area contributed by atoms with Gasteiger partial charge in [-0.25, -0.2) is 0 Å². The van der Waals surface area contributed by atoms with E-state index in [0.717, 1.165) is 26.1 Å². The minimum atomic E-state index is -0.0445. The Bertz CT molecular complexity index is 849. The van der Waals surface area contributed by atoms with Crippen molar-refractivity contribution in [1.29, 1.82) is 0 Å². The highest BCUT2D eigenvalue weighted by Crippen LogP contribution is 2.40. The number of aliphatic hydroxyl groups excluding tert-OH is 1. The zero-order valence-corrected chi connectivity index (χ0v) is 17.2. The number of rotatable bonds is 4. The van der Waals surface area contributed by atoms with E-state index in [4.69, 9.17) is 5.11 Å². The lowest BCUT2D eigenvalue weighted by molar-refractivity contribution is -0.134. The minimum Gasteiger partial charge on any atom is -0.396 e. The van der Waals surface area contributed by atoms with Crippen LogP contribution < -0.4 is 0 Å². The number of amides is 1. The fraction of sp³-hybridized carbons (Fsp3) is 0.478. The van der Waals surface area contributed by atoms with Crippen LogP contribution in [0.5, 0.6) is 0 Å². The molecule has 4 rings (SSSR count). The van der Waals surface area contributed by atoms with Crippen LogP contribution >= 0.6 is 0 Å².